The van der Waals surface area contributed by atoms with E-state index in [0.717, 1.165) is 18.5 Å². The molecule has 0 saturated heterocycles. The third-order valence-electron chi connectivity index (χ3n) is 4.02. The number of nitriles is 1. The van der Waals surface area contributed by atoms with Crippen LogP contribution in [0.25, 0.3) is 11.1 Å². The van der Waals surface area contributed by atoms with Crippen LogP contribution in [0, 0.1) is 22.1 Å². The van der Waals surface area contributed by atoms with Crippen LogP contribution in [-0.2, 0) is 6.18 Å². The maximum absolute atomic E-state index is 13.3. The second-order valence-electron chi connectivity index (χ2n) is 6.10. The van der Waals surface area contributed by atoms with E-state index >= 15 is 0 Å². The third kappa shape index (κ3) is 5.68. The maximum atomic E-state index is 13.3. The summed E-state index contributed by atoms with van der Waals surface area (Å²) in [4.78, 5) is 5.28. The van der Waals surface area contributed by atoms with Crippen LogP contribution < -0.4 is 5.32 Å². The molecule has 2 aromatic rings. The fourth-order valence-corrected chi connectivity index (χ4v) is 2.76. The summed E-state index contributed by atoms with van der Waals surface area (Å²) in [6.45, 7) is 0.447. The zero-order valence-corrected chi connectivity index (χ0v) is 16.2. The summed E-state index contributed by atoms with van der Waals surface area (Å²) in [5, 5.41) is 27.2. The third-order valence-corrected chi connectivity index (χ3v) is 4.22. The van der Waals surface area contributed by atoms with E-state index in [4.69, 9.17) is 27.7 Å². The van der Waals surface area contributed by atoms with E-state index < -0.39 is 11.7 Å². The van der Waals surface area contributed by atoms with Gasteiger partial charge in [0, 0.05) is 25.6 Å². The Labute approximate surface area is 171 Å². The summed E-state index contributed by atoms with van der Waals surface area (Å²) in [5.74, 6) is 0.209. The number of benzene rings is 1. The molecule has 10 heteroatoms. The summed E-state index contributed by atoms with van der Waals surface area (Å²) in [5.41, 5.74) is -0.167. The van der Waals surface area contributed by atoms with E-state index in [1.807, 2.05) is 6.07 Å². The van der Waals surface area contributed by atoms with Crippen molar-refractivity contribution in [3.05, 3.63) is 46.6 Å². The molecule has 6 nitrogen and oxygen atoms in total. The highest BCUT2D eigenvalue weighted by Crippen LogP contribution is 2.35. The van der Waals surface area contributed by atoms with Gasteiger partial charge >= 0.3 is 6.18 Å². The molecule has 0 spiro atoms. The lowest BCUT2D eigenvalue weighted by Crippen LogP contribution is -2.25. The number of amidine groups is 1. The Morgan fingerprint density at radius 2 is 2.07 bits per heavy atom. The molecule has 29 heavy (non-hydrogen) atoms. The van der Waals surface area contributed by atoms with Crippen molar-refractivity contribution in [2.75, 3.05) is 18.9 Å². The predicted molar refractivity (Wildman–Crippen MR) is 106 cm³/mol. The predicted octanol–water partition coefficient (Wildman–Crippen LogP) is 5.00. The summed E-state index contributed by atoms with van der Waals surface area (Å²) in [6.07, 6.45) is -2.74. The Kier molecular flexibility index (Phi) is 7.18. The number of anilines is 1. The number of pyridine rings is 1. The van der Waals surface area contributed by atoms with Gasteiger partial charge in [0.15, 0.2) is 0 Å². The summed E-state index contributed by atoms with van der Waals surface area (Å²) >= 11 is 6.07. The SMILES string of the molecule is CN(C=N)C(=N)c1ccc(C(F)(F)F)cc1-c1cc(Cl)nc(NCCCC#N)c1. The molecule has 0 aliphatic rings. The second-order valence-corrected chi connectivity index (χ2v) is 6.49. The van der Waals surface area contributed by atoms with E-state index in [0.29, 0.717) is 30.8 Å². The van der Waals surface area contributed by atoms with Crippen molar-refractivity contribution in [2.24, 2.45) is 0 Å². The van der Waals surface area contributed by atoms with Gasteiger partial charge in [0.2, 0.25) is 0 Å². The standard InChI is InChI=1S/C19H18ClF3N6/c1-29(11-25)18(26)14-5-4-13(19(21,22)23)10-15(14)12-8-16(20)28-17(9-12)27-7-3-2-6-24/h4-5,8-11,25-26H,2-3,7H2,1H3,(H,27,28). The van der Waals surface area contributed by atoms with Crippen molar-refractivity contribution >= 4 is 29.6 Å². The molecule has 0 bridgehead atoms. The molecule has 0 aliphatic heterocycles. The fourth-order valence-electron chi connectivity index (χ4n) is 2.55. The molecule has 0 unspecified atom stereocenters. The van der Waals surface area contributed by atoms with E-state index in [1.165, 1.54) is 30.1 Å². The van der Waals surface area contributed by atoms with Gasteiger partial charge < -0.3 is 10.2 Å². The Morgan fingerprint density at radius 1 is 1.34 bits per heavy atom. The number of nitrogens with zero attached hydrogens (tertiary/aromatic N) is 3. The molecule has 0 fully saturated rings. The Bertz CT molecular complexity index is 952. The van der Waals surface area contributed by atoms with Crippen LogP contribution in [0.15, 0.2) is 30.3 Å². The van der Waals surface area contributed by atoms with Crippen molar-refractivity contribution in [1.82, 2.24) is 9.88 Å². The van der Waals surface area contributed by atoms with Gasteiger partial charge in [0.25, 0.3) is 0 Å². The summed E-state index contributed by atoms with van der Waals surface area (Å²) in [6, 6.07) is 8.02. The number of aromatic nitrogens is 1. The van der Waals surface area contributed by atoms with Crippen molar-refractivity contribution in [3.8, 4) is 17.2 Å². The first-order valence-electron chi connectivity index (χ1n) is 8.49. The smallest absolute Gasteiger partial charge is 0.370 e. The molecule has 152 valence electrons. The van der Waals surface area contributed by atoms with Gasteiger partial charge in [0.1, 0.15) is 16.8 Å². The molecule has 0 aliphatic carbocycles. The number of rotatable bonds is 7. The topological polar surface area (TPSA) is 99.7 Å². The summed E-state index contributed by atoms with van der Waals surface area (Å²) in [7, 11) is 1.46. The van der Waals surface area contributed by atoms with Crippen molar-refractivity contribution < 1.29 is 13.2 Å². The first-order valence-corrected chi connectivity index (χ1v) is 8.87. The lowest BCUT2D eigenvalue weighted by atomic mass is 9.96. The fraction of sp³-hybridized carbons (Fsp3) is 0.263. The maximum Gasteiger partial charge on any atom is 0.416 e. The van der Waals surface area contributed by atoms with Gasteiger partial charge in [0.05, 0.1) is 18.0 Å². The molecule has 1 aromatic heterocycles. The number of alkyl halides is 3. The number of hydrogen-bond acceptors (Lipinski definition) is 5. The number of nitrogens with one attached hydrogen (secondary N) is 3. The molecular weight excluding hydrogens is 405 g/mol. The van der Waals surface area contributed by atoms with Gasteiger partial charge in [-0.3, -0.25) is 10.8 Å². The first kappa shape index (κ1) is 22.2. The van der Waals surface area contributed by atoms with E-state index in [1.54, 1.807) is 0 Å². The molecule has 0 saturated carbocycles. The molecule has 0 radical (unpaired) electrons. The first-order chi connectivity index (χ1) is 13.7. The number of unbranched alkanes of at least 4 members (excludes halogenated alkanes) is 1. The molecule has 1 heterocycles. The normalized spacial score (nSPS) is 10.9. The minimum atomic E-state index is -4.56. The molecule has 2 rings (SSSR count). The van der Waals surface area contributed by atoms with Gasteiger partial charge in [-0.15, -0.1) is 0 Å². The van der Waals surface area contributed by atoms with E-state index in [-0.39, 0.29) is 22.1 Å². The Balaban J connectivity index is 2.55. The monoisotopic (exact) mass is 422 g/mol. The largest absolute Gasteiger partial charge is 0.416 e. The van der Waals surface area contributed by atoms with Gasteiger partial charge in [-0.1, -0.05) is 17.7 Å². The minimum Gasteiger partial charge on any atom is -0.370 e. The van der Waals surface area contributed by atoms with Crippen LogP contribution >= 0.6 is 11.6 Å². The van der Waals surface area contributed by atoms with Crippen LogP contribution in [0.2, 0.25) is 5.15 Å². The Morgan fingerprint density at radius 3 is 2.69 bits per heavy atom. The van der Waals surface area contributed by atoms with Crippen molar-refractivity contribution in [3.63, 3.8) is 0 Å². The number of halogens is 4. The highest BCUT2D eigenvalue weighted by Gasteiger charge is 2.31. The lowest BCUT2D eigenvalue weighted by molar-refractivity contribution is -0.137. The van der Waals surface area contributed by atoms with Gasteiger partial charge in [-0.25, -0.2) is 4.98 Å². The zero-order chi connectivity index (χ0) is 21.6. The average molecular weight is 423 g/mol. The Hall–Kier alpha value is -3.12. The highest BCUT2D eigenvalue weighted by atomic mass is 35.5. The van der Waals surface area contributed by atoms with Crippen LogP contribution in [0.3, 0.4) is 0 Å². The molecule has 3 N–H and O–H groups in total. The van der Waals surface area contributed by atoms with E-state index in [9.17, 15) is 13.2 Å². The van der Waals surface area contributed by atoms with Crippen molar-refractivity contribution in [1.29, 1.82) is 16.1 Å². The van der Waals surface area contributed by atoms with Crippen LogP contribution in [0.4, 0.5) is 19.0 Å². The van der Waals surface area contributed by atoms with E-state index in [2.05, 4.69) is 10.3 Å². The van der Waals surface area contributed by atoms with Crippen LogP contribution in [-0.4, -0.2) is 35.7 Å². The van der Waals surface area contributed by atoms with Crippen LogP contribution in [0.5, 0.6) is 0 Å². The summed E-state index contributed by atoms with van der Waals surface area (Å²) < 4.78 is 39.8. The highest BCUT2D eigenvalue weighted by molar-refractivity contribution is 6.29. The molecule has 0 atom stereocenters. The average Bonchev–Trinajstić information content (AvgIpc) is 2.68. The molecule has 0 amide bonds. The van der Waals surface area contributed by atoms with Crippen molar-refractivity contribution in [2.45, 2.75) is 19.0 Å². The zero-order valence-electron chi connectivity index (χ0n) is 15.4. The minimum absolute atomic E-state index is 0.0700. The van der Waals surface area contributed by atoms with Crippen LogP contribution in [0.1, 0.15) is 24.0 Å². The molecule has 1 aromatic carbocycles. The quantitative estimate of drug-likeness (QED) is 0.253. The second kappa shape index (κ2) is 9.39. The van der Waals surface area contributed by atoms with Gasteiger partial charge in [-0.05, 0) is 41.8 Å². The molecular formula is C19H18ClF3N6. The van der Waals surface area contributed by atoms with Gasteiger partial charge in [-0.2, -0.15) is 18.4 Å². The number of hydrogen-bond donors (Lipinski definition) is 3. The lowest BCUT2D eigenvalue weighted by Gasteiger charge is -2.19.